The molecule has 23 heavy (non-hydrogen) atoms. The van der Waals surface area contributed by atoms with Gasteiger partial charge in [0.25, 0.3) is 11.6 Å². The lowest BCUT2D eigenvalue weighted by Crippen LogP contribution is -2.49. The molecule has 1 amide bonds. The Morgan fingerprint density at radius 1 is 1.30 bits per heavy atom. The number of anilines is 1. The molecular formula is C14H13BrN4O3S. The summed E-state index contributed by atoms with van der Waals surface area (Å²) in [5.74, 6) is 0.726. The highest BCUT2D eigenvalue weighted by molar-refractivity contribution is 9.11. The number of pyridine rings is 1. The third kappa shape index (κ3) is 3.50. The predicted octanol–water partition coefficient (Wildman–Crippen LogP) is 2.78. The van der Waals surface area contributed by atoms with Gasteiger partial charge in [-0.15, -0.1) is 11.3 Å². The zero-order valence-corrected chi connectivity index (χ0v) is 14.4. The van der Waals surface area contributed by atoms with E-state index in [1.807, 2.05) is 21.2 Å². The number of amides is 1. The van der Waals surface area contributed by atoms with Crippen molar-refractivity contribution in [2.45, 2.75) is 0 Å². The van der Waals surface area contributed by atoms with Crippen molar-refractivity contribution in [1.29, 1.82) is 0 Å². The average molecular weight is 397 g/mol. The maximum Gasteiger partial charge on any atom is 0.287 e. The van der Waals surface area contributed by atoms with E-state index in [-0.39, 0.29) is 11.6 Å². The summed E-state index contributed by atoms with van der Waals surface area (Å²) in [5.41, 5.74) is 0.675. The first-order valence-corrected chi connectivity index (χ1v) is 8.60. The maximum atomic E-state index is 12.4. The predicted molar refractivity (Wildman–Crippen MR) is 91.0 cm³/mol. The fourth-order valence-electron chi connectivity index (χ4n) is 2.42. The molecule has 1 aliphatic heterocycles. The summed E-state index contributed by atoms with van der Waals surface area (Å²) < 4.78 is 0.939. The van der Waals surface area contributed by atoms with Crippen LogP contribution in [0.15, 0.2) is 33.6 Å². The van der Waals surface area contributed by atoms with E-state index in [4.69, 9.17) is 0 Å². The van der Waals surface area contributed by atoms with Crippen LogP contribution >= 0.6 is 27.3 Å². The van der Waals surface area contributed by atoms with Crippen molar-refractivity contribution in [1.82, 2.24) is 9.88 Å². The molecule has 0 N–H and O–H groups in total. The largest absolute Gasteiger partial charge is 0.353 e. The number of piperazine rings is 1. The lowest BCUT2D eigenvalue weighted by atomic mass is 10.2. The lowest BCUT2D eigenvalue weighted by molar-refractivity contribution is -0.385. The van der Waals surface area contributed by atoms with E-state index in [0.717, 1.165) is 3.79 Å². The van der Waals surface area contributed by atoms with Crippen molar-refractivity contribution in [2.75, 3.05) is 31.1 Å². The number of thiophene rings is 1. The summed E-state index contributed by atoms with van der Waals surface area (Å²) in [6.45, 7) is 2.51. The Bertz CT molecular complexity index is 726. The van der Waals surface area contributed by atoms with Crippen molar-refractivity contribution in [3.63, 3.8) is 0 Å². The van der Waals surface area contributed by atoms with Crippen LogP contribution in [-0.2, 0) is 0 Å². The van der Waals surface area contributed by atoms with E-state index in [1.165, 1.54) is 23.6 Å². The number of carbonyl (C=O) groups is 1. The molecule has 0 spiro atoms. The number of carbonyl (C=O) groups excluding carboxylic acids is 1. The molecular weight excluding hydrogens is 384 g/mol. The van der Waals surface area contributed by atoms with Gasteiger partial charge in [0.1, 0.15) is 12.0 Å². The number of hydrogen-bond acceptors (Lipinski definition) is 6. The molecule has 0 radical (unpaired) electrons. The SMILES string of the molecule is O=C(c1csc(Br)c1)N1CCN(c2ccc([N+](=O)[O-])cn2)CC1. The minimum absolute atomic E-state index is 0.0226. The first kappa shape index (κ1) is 15.9. The molecule has 7 nitrogen and oxygen atoms in total. The smallest absolute Gasteiger partial charge is 0.287 e. The van der Waals surface area contributed by atoms with Crippen molar-refractivity contribution < 1.29 is 9.72 Å². The highest BCUT2D eigenvalue weighted by atomic mass is 79.9. The van der Waals surface area contributed by atoms with Crippen LogP contribution in [0, 0.1) is 10.1 Å². The van der Waals surface area contributed by atoms with Crippen molar-refractivity contribution >= 4 is 44.7 Å². The van der Waals surface area contributed by atoms with Gasteiger partial charge in [0.15, 0.2) is 0 Å². The second kappa shape index (κ2) is 6.63. The number of rotatable bonds is 3. The third-order valence-corrected chi connectivity index (χ3v) is 5.15. The van der Waals surface area contributed by atoms with Crippen LogP contribution in [0.25, 0.3) is 0 Å². The Labute approximate surface area is 144 Å². The van der Waals surface area contributed by atoms with E-state index in [1.54, 1.807) is 6.07 Å². The van der Waals surface area contributed by atoms with E-state index in [2.05, 4.69) is 20.9 Å². The molecule has 3 heterocycles. The maximum absolute atomic E-state index is 12.4. The second-order valence-electron chi connectivity index (χ2n) is 5.05. The number of nitro groups is 1. The molecule has 0 saturated carbocycles. The van der Waals surface area contributed by atoms with Gasteiger partial charge in [-0.05, 0) is 28.1 Å². The van der Waals surface area contributed by atoms with E-state index in [9.17, 15) is 14.9 Å². The van der Waals surface area contributed by atoms with Crippen LogP contribution in [0.2, 0.25) is 0 Å². The van der Waals surface area contributed by atoms with Crippen LogP contribution in [0.5, 0.6) is 0 Å². The Morgan fingerprint density at radius 3 is 2.57 bits per heavy atom. The van der Waals surface area contributed by atoms with Crippen molar-refractivity contribution in [2.24, 2.45) is 0 Å². The van der Waals surface area contributed by atoms with E-state index in [0.29, 0.717) is 37.6 Å². The molecule has 2 aromatic rings. The Hall–Kier alpha value is -2.00. The van der Waals surface area contributed by atoms with Crippen LogP contribution in [0.4, 0.5) is 11.5 Å². The van der Waals surface area contributed by atoms with Gasteiger partial charge in [-0.1, -0.05) is 0 Å². The lowest BCUT2D eigenvalue weighted by Gasteiger charge is -2.35. The van der Waals surface area contributed by atoms with Gasteiger partial charge in [0, 0.05) is 37.6 Å². The van der Waals surface area contributed by atoms with Crippen LogP contribution in [0.3, 0.4) is 0 Å². The van der Waals surface area contributed by atoms with Crippen molar-refractivity contribution in [3.05, 3.63) is 49.2 Å². The van der Waals surface area contributed by atoms with Crippen molar-refractivity contribution in [3.8, 4) is 0 Å². The summed E-state index contributed by atoms with van der Waals surface area (Å²) in [4.78, 5) is 30.5. The molecule has 1 fully saturated rings. The number of aromatic nitrogens is 1. The summed E-state index contributed by atoms with van der Waals surface area (Å²) in [6.07, 6.45) is 1.26. The van der Waals surface area contributed by atoms with E-state index < -0.39 is 4.92 Å². The molecule has 3 rings (SSSR count). The monoisotopic (exact) mass is 396 g/mol. The molecule has 1 aliphatic rings. The summed E-state index contributed by atoms with van der Waals surface area (Å²) in [7, 11) is 0. The van der Waals surface area contributed by atoms with Crippen LogP contribution < -0.4 is 4.90 Å². The molecule has 120 valence electrons. The van der Waals surface area contributed by atoms with Gasteiger partial charge in [0.05, 0.1) is 14.3 Å². The molecule has 0 unspecified atom stereocenters. The molecule has 0 atom stereocenters. The minimum Gasteiger partial charge on any atom is -0.353 e. The van der Waals surface area contributed by atoms with Crippen LogP contribution in [-0.4, -0.2) is 46.9 Å². The second-order valence-corrected chi connectivity index (χ2v) is 7.34. The molecule has 0 aliphatic carbocycles. The normalized spacial score (nSPS) is 14.8. The number of hydrogen-bond donors (Lipinski definition) is 0. The van der Waals surface area contributed by atoms with Crippen LogP contribution in [0.1, 0.15) is 10.4 Å². The summed E-state index contributed by atoms with van der Waals surface area (Å²) >= 11 is 4.86. The molecule has 0 bridgehead atoms. The highest BCUT2D eigenvalue weighted by Crippen LogP contribution is 2.23. The number of nitrogens with zero attached hydrogens (tertiary/aromatic N) is 4. The van der Waals surface area contributed by atoms with Gasteiger partial charge in [-0.3, -0.25) is 14.9 Å². The first-order valence-electron chi connectivity index (χ1n) is 6.93. The minimum atomic E-state index is -0.466. The Balaban J connectivity index is 1.61. The first-order chi connectivity index (χ1) is 11.0. The molecule has 1 saturated heterocycles. The average Bonchev–Trinajstić information content (AvgIpc) is 3.01. The zero-order chi connectivity index (χ0) is 16.4. The van der Waals surface area contributed by atoms with Gasteiger partial charge in [-0.25, -0.2) is 4.98 Å². The molecule has 0 aromatic carbocycles. The summed E-state index contributed by atoms with van der Waals surface area (Å²) in [6, 6.07) is 4.92. The molecule has 9 heteroatoms. The van der Waals surface area contributed by atoms with Gasteiger partial charge >= 0.3 is 0 Å². The summed E-state index contributed by atoms with van der Waals surface area (Å²) in [5, 5.41) is 12.5. The highest BCUT2D eigenvalue weighted by Gasteiger charge is 2.23. The Morgan fingerprint density at radius 2 is 2.04 bits per heavy atom. The standard InChI is InChI=1S/C14H13BrN4O3S/c15-12-7-10(9-23-12)14(20)18-5-3-17(4-6-18)13-2-1-11(8-16-13)19(21)22/h1-2,7-9H,3-6H2. The number of halogens is 1. The fraction of sp³-hybridized carbons (Fsp3) is 0.286. The van der Waals surface area contributed by atoms with E-state index >= 15 is 0 Å². The topological polar surface area (TPSA) is 79.6 Å². The Kier molecular flexibility index (Phi) is 4.58. The van der Waals surface area contributed by atoms with Gasteiger partial charge < -0.3 is 9.80 Å². The zero-order valence-electron chi connectivity index (χ0n) is 12.0. The quantitative estimate of drug-likeness (QED) is 0.588. The molecule has 2 aromatic heterocycles. The van der Waals surface area contributed by atoms with Gasteiger partial charge in [-0.2, -0.15) is 0 Å². The third-order valence-electron chi connectivity index (χ3n) is 3.65. The van der Waals surface area contributed by atoms with Gasteiger partial charge in [0.2, 0.25) is 0 Å². The fourth-order valence-corrected chi connectivity index (χ4v) is 3.55.